The third kappa shape index (κ3) is 3.49. The number of fused-ring (bicyclic) bond motifs is 1. The summed E-state index contributed by atoms with van der Waals surface area (Å²) in [6.45, 7) is 1.43. The van der Waals surface area contributed by atoms with Gasteiger partial charge in [-0.1, -0.05) is 60.7 Å². The predicted molar refractivity (Wildman–Crippen MR) is 104 cm³/mol. The van der Waals surface area contributed by atoms with Crippen LogP contribution in [-0.4, -0.2) is 26.1 Å². The van der Waals surface area contributed by atoms with E-state index in [1.165, 1.54) is 11.1 Å². The molecule has 0 saturated heterocycles. The quantitative estimate of drug-likeness (QED) is 0.562. The van der Waals surface area contributed by atoms with Gasteiger partial charge in [-0.25, -0.2) is 4.98 Å². The van der Waals surface area contributed by atoms with E-state index < -0.39 is 0 Å². The zero-order chi connectivity index (χ0) is 17.8. The molecule has 4 aromatic rings. The average Bonchev–Trinajstić information content (AvgIpc) is 3.07. The fourth-order valence-electron chi connectivity index (χ4n) is 2.90. The molecule has 0 fully saturated rings. The summed E-state index contributed by atoms with van der Waals surface area (Å²) in [7, 11) is 0. The normalized spacial score (nSPS) is 10.9. The number of hydrogen-bond acceptors (Lipinski definition) is 5. The number of nitrogens with two attached hydrogens (primary N) is 1. The summed E-state index contributed by atoms with van der Waals surface area (Å²) >= 11 is 0. The Kier molecular flexibility index (Phi) is 4.47. The first-order chi connectivity index (χ1) is 12.8. The Bertz CT molecular complexity index is 995. The monoisotopic (exact) mass is 344 g/mol. The molecule has 26 heavy (non-hydrogen) atoms. The van der Waals surface area contributed by atoms with E-state index in [9.17, 15) is 0 Å². The smallest absolute Gasteiger partial charge is 0.226 e. The van der Waals surface area contributed by atoms with Gasteiger partial charge in [0.25, 0.3) is 0 Å². The molecule has 0 spiro atoms. The molecule has 0 amide bonds. The highest BCUT2D eigenvalue weighted by atomic mass is 15.2. The van der Waals surface area contributed by atoms with Gasteiger partial charge in [0.05, 0.1) is 12.9 Å². The molecule has 2 aromatic heterocycles. The van der Waals surface area contributed by atoms with Gasteiger partial charge in [0, 0.05) is 6.54 Å². The fourth-order valence-corrected chi connectivity index (χ4v) is 2.90. The molecule has 6 nitrogen and oxygen atoms in total. The standard InChI is InChI=1S/C20H20N6/c21-18-17-19(26(14-23-17)13-16-9-5-2-6-10-16)25-20(24-18)22-12-11-15-7-3-1-4-8-15/h1-10,14H,11-13H2,(H3,21,22,24,25). The van der Waals surface area contributed by atoms with Crippen molar-refractivity contribution in [1.29, 1.82) is 0 Å². The summed E-state index contributed by atoms with van der Waals surface area (Å²) in [5, 5.41) is 3.26. The molecular weight excluding hydrogens is 324 g/mol. The lowest BCUT2D eigenvalue weighted by Crippen LogP contribution is -2.10. The van der Waals surface area contributed by atoms with Crippen molar-refractivity contribution < 1.29 is 0 Å². The Morgan fingerprint density at radius 3 is 2.31 bits per heavy atom. The van der Waals surface area contributed by atoms with Crippen LogP contribution in [0.1, 0.15) is 11.1 Å². The van der Waals surface area contributed by atoms with E-state index >= 15 is 0 Å². The molecule has 0 unspecified atom stereocenters. The van der Waals surface area contributed by atoms with Gasteiger partial charge in [-0.2, -0.15) is 9.97 Å². The van der Waals surface area contributed by atoms with Gasteiger partial charge in [0.15, 0.2) is 11.5 Å². The molecule has 3 N–H and O–H groups in total. The minimum Gasteiger partial charge on any atom is -0.382 e. The first kappa shape index (κ1) is 16.1. The molecule has 0 saturated carbocycles. The van der Waals surface area contributed by atoms with Crippen LogP contribution in [0.25, 0.3) is 11.2 Å². The molecule has 2 heterocycles. The molecule has 0 atom stereocenters. The summed E-state index contributed by atoms with van der Waals surface area (Å²) in [4.78, 5) is 13.3. The first-order valence-corrected chi connectivity index (χ1v) is 8.59. The molecule has 0 bridgehead atoms. The van der Waals surface area contributed by atoms with Gasteiger partial charge in [0.1, 0.15) is 5.52 Å². The largest absolute Gasteiger partial charge is 0.382 e. The summed E-state index contributed by atoms with van der Waals surface area (Å²) in [6.07, 6.45) is 2.65. The van der Waals surface area contributed by atoms with Crippen LogP contribution in [0, 0.1) is 0 Å². The van der Waals surface area contributed by atoms with Crippen LogP contribution in [-0.2, 0) is 13.0 Å². The molecular formula is C20H20N6. The van der Waals surface area contributed by atoms with Gasteiger partial charge in [-0.05, 0) is 17.5 Å². The molecule has 130 valence electrons. The number of benzene rings is 2. The highest BCUT2D eigenvalue weighted by Crippen LogP contribution is 2.19. The maximum atomic E-state index is 6.08. The Morgan fingerprint density at radius 1 is 0.885 bits per heavy atom. The second-order valence-electron chi connectivity index (χ2n) is 6.13. The van der Waals surface area contributed by atoms with Gasteiger partial charge in [-0.3, -0.25) is 0 Å². The van der Waals surface area contributed by atoms with Crippen molar-refractivity contribution in [3.05, 3.63) is 78.1 Å². The molecule has 0 aliphatic rings. The molecule has 6 heteroatoms. The third-order valence-electron chi connectivity index (χ3n) is 4.23. The first-order valence-electron chi connectivity index (χ1n) is 8.59. The summed E-state index contributed by atoms with van der Waals surface area (Å²) < 4.78 is 1.99. The van der Waals surface area contributed by atoms with Crippen LogP contribution >= 0.6 is 0 Å². The van der Waals surface area contributed by atoms with E-state index in [0.717, 1.165) is 18.6 Å². The Balaban J connectivity index is 1.53. The van der Waals surface area contributed by atoms with Crippen molar-refractivity contribution in [2.75, 3.05) is 17.6 Å². The van der Waals surface area contributed by atoms with Crippen molar-refractivity contribution in [2.45, 2.75) is 13.0 Å². The van der Waals surface area contributed by atoms with Crippen molar-refractivity contribution >= 4 is 22.9 Å². The third-order valence-corrected chi connectivity index (χ3v) is 4.23. The zero-order valence-corrected chi connectivity index (χ0v) is 14.3. The van der Waals surface area contributed by atoms with E-state index in [4.69, 9.17) is 5.73 Å². The van der Waals surface area contributed by atoms with Gasteiger partial charge in [0.2, 0.25) is 5.95 Å². The average molecular weight is 344 g/mol. The van der Waals surface area contributed by atoms with E-state index in [1.54, 1.807) is 6.33 Å². The Morgan fingerprint density at radius 2 is 1.58 bits per heavy atom. The number of hydrogen-bond donors (Lipinski definition) is 2. The summed E-state index contributed by atoms with van der Waals surface area (Å²) in [5.41, 5.74) is 9.90. The number of nitrogen functional groups attached to an aromatic ring is 1. The van der Waals surface area contributed by atoms with Gasteiger partial charge < -0.3 is 15.6 Å². The van der Waals surface area contributed by atoms with Gasteiger partial charge >= 0.3 is 0 Å². The fraction of sp³-hybridized carbons (Fsp3) is 0.150. The molecule has 0 aliphatic heterocycles. The molecule has 0 radical (unpaired) electrons. The summed E-state index contributed by atoms with van der Waals surface area (Å²) in [6, 6.07) is 20.5. The van der Waals surface area contributed by atoms with E-state index in [2.05, 4.69) is 44.5 Å². The second-order valence-corrected chi connectivity index (χ2v) is 6.13. The number of imidazole rings is 1. The SMILES string of the molecule is Nc1nc(NCCc2ccccc2)nc2c1ncn2Cc1ccccc1. The van der Waals surface area contributed by atoms with E-state index in [-0.39, 0.29) is 0 Å². The maximum absolute atomic E-state index is 6.08. The van der Waals surface area contributed by atoms with Crippen molar-refractivity contribution in [2.24, 2.45) is 0 Å². The van der Waals surface area contributed by atoms with Crippen LogP contribution in [0.5, 0.6) is 0 Å². The van der Waals surface area contributed by atoms with Gasteiger partial charge in [-0.15, -0.1) is 0 Å². The highest BCUT2D eigenvalue weighted by Gasteiger charge is 2.11. The summed E-state index contributed by atoms with van der Waals surface area (Å²) in [5.74, 6) is 0.921. The van der Waals surface area contributed by atoms with Crippen LogP contribution < -0.4 is 11.1 Å². The van der Waals surface area contributed by atoms with E-state index in [0.29, 0.717) is 23.8 Å². The Labute approximate surface area is 151 Å². The molecule has 0 aliphatic carbocycles. The topological polar surface area (TPSA) is 81.7 Å². The lowest BCUT2D eigenvalue weighted by molar-refractivity contribution is 0.813. The number of nitrogens with zero attached hydrogens (tertiary/aromatic N) is 4. The van der Waals surface area contributed by atoms with Crippen molar-refractivity contribution in [3.8, 4) is 0 Å². The lowest BCUT2D eigenvalue weighted by Gasteiger charge is -2.08. The Hall–Kier alpha value is -3.41. The van der Waals surface area contributed by atoms with Crippen LogP contribution in [0.15, 0.2) is 67.0 Å². The molecule has 4 rings (SSSR count). The zero-order valence-electron chi connectivity index (χ0n) is 14.3. The lowest BCUT2D eigenvalue weighted by atomic mass is 10.1. The number of nitrogens with one attached hydrogen (secondary N) is 1. The molecule has 2 aromatic carbocycles. The van der Waals surface area contributed by atoms with Crippen LogP contribution in [0.2, 0.25) is 0 Å². The number of aromatic nitrogens is 4. The second kappa shape index (κ2) is 7.23. The minimum absolute atomic E-state index is 0.393. The van der Waals surface area contributed by atoms with E-state index in [1.807, 2.05) is 41.0 Å². The van der Waals surface area contributed by atoms with Crippen molar-refractivity contribution in [1.82, 2.24) is 19.5 Å². The number of anilines is 2. The minimum atomic E-state index is 0.393. The predicted octanol–water partition coefficient (Wildman–Crippen LogP) is 3.11. The highest BCUT2D eigenvalue weighted by molar-refractivity contribution is 5.82. The van der Waals surface area contributed by atoms with Crippen LogP contribution in [0.4, 0.5) is 11.8 Å². The van der Waals surface area contributed by atoms with Crippen LogP contribution in [0.3, 0.4) is 0 Å². The maximum Gasteiger partial charge on any atom is 0.226 e. The van der Waals surface area contributed by atoms with Crippen molar-refractivity contribution in [3.63, 3.8) is 0 Å². The number of rotatable bonds is 6.